The van der Waals surface area contributed by atoms with Crippen LogP contribution in [0.25, 0.3) is 0 Å². The zero-order chi connectivity index (χ0) is 22.2. The highest BCUT2D eigenvalue weighted by atomic mass is 16.5. The number of aliphatic imine (C=N–C) groups is 1. The van der Waals surface area contributed by atoms with Gasteiger partial charge in [-0.1, -0.05) is 6.07 Å². The number of hydrogen-bond acceptors (Lipinski definition) is 7. The Balaban J connectivity index is 1.47. The van der Waals surface area contributed by atoms with Crippen LogP contribution in [0.1, 0.15) is 30.7 Å². The molecule has 0 radical (unpaired) electrons. The fraction of sp³-hybridized carbons (Fsp3) is 0.550. The minimum atomic E-state index is -1.02. The fourth-order valence-corrected chi connectivity index (χ4v) is 3.52. The molecule has 0 spiro atoms. The summed E-state index contributed by atoms with van der Waals surface area (Å²) >= 11 is 0. The highest BCUT2D eigenvalue weighted by molar-refractivity contribution is 5.97. The highest BCUT2D eigenvalue weighted by Gasteiger charge is 2.32. The molecule has 11 heteroatoms. The summed E-state index contributed by atoms with van der Waals surface area (Å²) in [6.45, 7) is 2.93. The van der Waals surface area contributed by atoms with Crippen molar-refractivity contribution in [1.82, 2.24) is 25.4 Å². The van der Waals surface area contributed by atoms with E-state index in [9.17, 15) is 19.5 Å². The number of nitrogens with zero attached hydrogens (tertiary/aromatic N) is 4. The Bertz CT molecular complexity index is 828. The lowest BCUT2D eigenvalue weighted by molar-refractivity contribution is -0.139. The van der Waals surface area contributed by atoms with Gasteiger partial charge in [-0.05, 0) is 18.4 Å². The first-order chi connectivity index (χ1) is 15.0. The van der Waals surface area contributed by atoms with Crippen molar-refractivity contribution >= 4 is 23.9 Å². The molecule has 1 atom stereocenters. The molecule has 3 amide bonds. The van der Waals surface area contributed by atoms with Gasteiger partial charge in [0.2, 0.25) is 11.8 Å². The molecule has 168 valence electrons. The first-order valence-corrected chi connectivity index (χ1v) is 10.3. The number of aliphatic carboxylic acids is 1. The third kappa shape index (κ3) is 6.06. The van der Waals surface area contributed by atoms with Gasteiger partial charge in [-0.2, -0.15) is 0 Å². The third-order valence-corrected chi connectivity index (χ3v) is 5.24. The van der Waals surface area contributed by atoms with Gasteiger partial charge in [0.25, 0.3) is 0 Å². The summed E-state index contributed by atoms with van der Waals surface area (Å²) in [7, 11) is 1.48. The number of hydrogen-bond donors (Lipinski definition) is 3. The quantitative estimate of drug-likeness (QED) is 0.508. The number of carboxylic acid groups (broad SMARTS) is 1. The molecule has 0 aromatic carbocycles. The number of nitrogens with one attached hydrogen (secondary N) is 2. The number of carboxylic acids is 1. The van der Waals surface area contributed by atoms with Crippen LogP contribution in [0, 0.1) is 0 Å². The van der Waals surface area contributed by atoms with Crippen molar-refractivity contribution in [3.05, 3.63) is 23.9 Å². The number of guanidine groups is 1. The maximum Gasteiger partial charge on any atom is 0.320 e. The van der Waals surface area contributed by atoms with Gasteiger partial charge in [-0.15, -0.1) is 0 Å². The molecule has 3 rings (SSSR count). The van der Waals surface area contributed by atoms with Gasteiger partial charge in [0.05, 0.1) is 7.11 Å². The number of urea groups is 1. The van der Waals surface area contributed by atoms with E-state index < -0.39 is 11.9 Å². The SMILES string of the molecule is COc1ccc(C(CN2CCN(CCCC(=O)NC3=NCCCN3)C2=O)C(=O)O)cn1. The van der Waals surface area contributed by atoms with Crippen LogP contribution in [-0.4, -0.2) is 90.1 Å². The van der Waals surface area contributed by atoms with Crippen LogP contribution in [0.2, 0.25) is 0 Å². The molecule has 1 fully saturated rings. The van der Waals surface area contributed by atoms with Gasteiger partial charge in [0, 0.05) is 58.0 Å². The number of ether oxygens (including phenoxy) is 1. The Morgan fingerprint density at radius 1 is 1.32 bits per heavy atom. The van der Waals surface area contributed by atoms with Crippen LogP contribution in [-0.2, 0) is 9.59 Å². The van der Waals surface area contributed by atoms with Crippen LogP contribution in [0.3, 0.4) is 0 Å². The average Bonchev–Trinajstić information content (AvgIpc) is 3.12. The molecular weight excluding hydrogens is 404 g/mol. The number of amides is 3. The fourth-order valence-electron chi connectivity index (χ4n) is 3.52. The zero-order valence-electron chi connectivity index (χ0n) is 17.5. The van der Waals surface area contributed by atoms with E-state index in [0.29, 0.717) is 50.0 Å². The summed E-state index contributed by atoms with van der Waals surface area (Å²) in [6, 6.07) is 3.03. The largest absolute Gasteiger partial charge is 0.481 e. The standard InChI is InChI=1S/C20H28N6O5/c1-31-17-6-5-14(12-23-17)15(18(28)29)13-26-11-10-25(20(26)30)9-2-4-16(27)24-19-21-7-3-8-22-19/h5-6,12,15H,2-4,7-11,13H2,1H3,(H,28,29)(H2,21,22,24,27). The Labute approximate surface area is 180 Å². The molecule has 1 aromatic rings. The summed E-state index contributed by atoms with van der Waals surface area (Å²) in [6.07, 6.45) is 3.20. The molecule has 0 aliphatic carbocycles. The lowest BCUT2D eigenvalue weighted by Gasteiger charge is -2.22. The molecule has 2 aliphatic rings. The number of carbonyl (C=O) groups excluding carboxylic acids is 2. The van der Waals surface area contributed by atoms with Crippen molar-refractivity contribution in [2.24, 2.45) is 4.99 Å². The number of carbonyl (C=O) groups is 3. The average molecular weight is 432 g/mol. The minimum absolute atomic E-state index is 0.0602. The minimum Gasteiger partial charge on any atom is -0.481 e. The van der Waals surface area contributed by atoms with Crippen molar-refractivity contribution in [2.45, 2.75) is 25.2 Å². The van der Waals surface area contributed by atoms with Gasteiger partial charge >= 0.3 is 12.0 Å². The number of rotatable bonds is 9. The Morgan fingerprint density at radius 2 is 2.13 bits per heavy atom. The molecule has 11 nitrogen and oxygen atoms in total. The second-order valence-corrected chi connectivity index (χ2v) is 7.40. The Hall–Kier alpha value is -3.37. The van der Waals surface area contributed by atoms with Crippen LogP contribution in [0.4, 0.5) is 4.79 Å². The molecule has 0 saturated carbocycles. The first kappa shape index (κ1) is 22.3. The molecule has 0 bridgehead atoms. The van der Waals surface area contributed by atoms with Crippen molar-refractivity contribution in [2.75, 3.05) is 46.4 Å². The molecule has 3 heterocycles. The molecule has 1 aromatic heterocycles. The first-order valence-electron chi connectivity index (χ1n) is 10.3. The molecule has 1 saturated heterocycles. The maximum absolute atomic E-state index is 12.7. The normalized spacial score (nSPS) is 17.1. The van der Waals surface area contributed by atoms with Gasteiger partial charge in [0.15, 0.2) is 5.96 Å². The van der Waals surface area contributed by atoms with Crippen LogP contribution in [0.15, 0.2) is 23.3 Å². The summed E-state index contributed by atoms with van der Waals surface area (Å²) in [5.41, 5.74) is 0.510. The van der Waals surface area contributed by atoms with E-state index in [-0.39, 0.29) is 24.9 Å². The van der Waals surface area contributed by atoms with Crippen molar-refractivity contribution in [3.8, 4) is 5.88 Å². The van der Waals surface area contributed by atoms with E-state index in [2.05, 4.69) is 20.6 Å². The maximum atomic E-state index is 12.7. The van der Waals surface area contributed by atoms with Gasteiger partial charge in [-0.3, -0.25) is 19.9 Å². The van der Waals surface area contributed by atoms with Crippen molar-refractivity contribution in [1.29, 1.82) is 0 Å². The van der Waals surface area contributed by atoms with Crippen LogP contribution in [0.5, 0.6) is 5.88 Å². The highest BCUT2D eigenvalue weighted by Crippen LogP contribution is 2.21. The van der Waals surface area contributed by atoms with E-state index in [4.69, 9.17) is 4.74 Å². The smallest absolute Gasteiger partial charge is 0.320 e. The lowest BCUT2D eigenvalue weighted by atomic mass is 10.0. The molecule has 2 aliphatic heterocycles. The van der Waals surface area contributed by atoms with E-state index in [1.165, 1.54) is 18.2 Å². The Morgan fingerprint density at radius 3 is 2.77 bits per heavy atom. The van der Waals surface area contributed by atoms with E-state index in [1.807, 2.05) is 0 Å². The van der Waals surface area contributed by atoms with Crippen molar-refractivity contribution in [3.63, 3.8) is 0 Å². The van der Waals surface area contributed by atoms with Gasteiger partial charge in [0.1, 0.15) is 5.92 Å². The van der Waals surface area contributed by atoms with E-state index in [1.54, 1.807) is 17.0 Å². The second kappa shape index (κ2) is 10.6. The van der Waals surface area contributed by atoms with Crippen LogP contribution >= 0.6 is 0 Å². The van der Waals surface area contributed by atoms with E-state index in [0.717, 1.165) is 13.0 Å². The molecule has 31 heavy (non-hydrogen) atoms. The van der Waals surface area contributed by atoms with Crippen molar-refractivity contribution < 1.29 is 24.2 Å². The predicted octanol–water partition coefficient (Wildman–Crippen LogP) is 0.242. The summed E-state index contributed by atoms with van der Waals surface area (Å²) in [5.74, 6) is -1.14. The summed E-state index contributed by atoms with van der Waals surface area (Å²) in [5, 5.41) is 15.4. The monoisotopic (exact) mass is 432 g/mol. The second-order valence-electron chi connectivity index (χ2n) is 7.40. The summed E-state index contributed by atoms with van der Waals surface area (Å²) in [4.78, 5) is 47.9. The third-order valence-electron chi connectivity index (χ3n) is 5.24. The number of aromatic nitrogens is 1. The summed E-state index contributed by atoms with van der Waals surface area (Å²) < 4.78 is 5.00. The van der Waals surface area contributed by atoms with Gasteiger partial charge in [-0.25, -0.2) is 9.78 Å². The predicted molar refractivity (Wildman–Crippen MR) is 112 cm³/mol. The number of methoxy groups -OCH3 is 1. The van der Waals surface area contributed by atoms with Crippen LogP contribution < -0.4 is 15.4 Å². The van der Waals surface area contributed by atoms with Gasteiger partial charge < -0.3 is 25.0 Å². The van der Waals surface area contributed by atoms with E-state index >= 15 is 0 Å². The molecule has 1 unspecified atom stereocenters. The molecular formula is C20H28N6O5. The molecule has 3 N–H and O–H groups in total. The zero-order valence-corrected chi connectivity index (χ0v) is 17.5. The number of pyridine rings is 1. The Kier molecular flexibility index (Phi) is 7.63. The topological polar surface area (TPSA) is 136 Å². The lowest BCUT2D eigenvalue weighted by Crippen LogP contribution is -2.43.